The first kappa shape index (κ1) is 16.5. The van der Waals surface area contributed by atoms with Gasteiger partial charge in [0.15, 0.2) is 0 Å². The van der Waals surface area contributed by atoms with Crippen LogP contribution in [0.1, 0.15) is 11.1 Å². The van der Waals surface area contributed by atoms with Gasteiger partial charge in [0.25, 0.3) is 0 Å². The summed E-state index contributed by atoms with van der Waals surface area (Å²) in [5.74, 6) is 0.572. The first-order valence-corrected chi connectivity index (χ1v) is 7.95. The van der Waals surface area contributed by atoms with Gasteiger partial charge in [0.1, 0.15) is 12.4 Å². The molecule has 0 fully saturated rings. The number of benzene rings is 2. The molecule has 0 aliphatic carbocycles. The van der Waals surface area contributed by atoms with Crippen molar-refractivity contribution in [3.05, 3.63) is 96.3 Å². The summed E-state index contributed by atoms with van der Waals surface area (Å²) in [6.07, 6.45) is 6.52. The van der Waals surface area contributed by atoms with Gasteiger partial charge in [-0.05, 0) is 41.5 Å². The summed E-state index contributed by atoms with van der Waals surface area (Å²) < 4.78 is 5.79. The number of carbonyl (C=O) groups is 1. The van der Waals surface area contributed by atoms with Gasteiger partial charge in [0, 0.05) is 24.2 Å². The van der Waals surface area contributed by atoms with Gasteiger partial charge in [-0.1, -0.05) is 42.5 Å². The minimum atomic E-state index is -0.193. The van der Waals surface area contributed by atoms with Gasteiger partial charge >= 0.3 is 0 Å². The van der Waals surface area contributed by atoms with Crippen LogP contribution in [0.4, 0.5) is 5.69 Å². The fourth-order valence-corrected chi connectivity index (χ4v) is 2.24. The molecular weight excluding hydrogens is 312 g/mol. The van der Waals surface area contributed by atoms with E-state index in [4.69, 9.17) is 4.74 Å². The molecule has 0 saturated carbocycles. The minimum absolute atomic E-state index is 0.193. The lowest BCUT2D eigenvalue weighted by atomic mass is 10.2. The molecule has 0 aliphatic rings. The van der Waals surface area contributed by atoms with E-state index in [9.17, 15) is 4.79 Å². The molecule has 25 heavy (non-hydrogen) atoms. The molecule has 0 spiro atoms. The number of rotatable bonds is 6. The third-order valence-electron chi connectivity index (χ3n) is 3.48. The van der Waals surface area contributed by atoms with E-state index in [1.165, 1.54) is 6.08 Å². The van der Waals surface area contributed by atoms with Crippen molar-refractivity contribution in [2.75, 3.05) is 5.32 Å². The number of nitrogens with zero attached hydrogens (tertiary/aromatic N) is 1. The number of hydrogen-bond acceptors (Lipinski definition) is 3. The zero-order chi connectivity index (χ0) is 17.3. The molecular formula is C21H18N2O2. The number of nitrogens with one attached hydrogen (secondary N) is 1. The molecule has 1 amide bonds. The molecule has 3 rings (SSSR count). The molecule has 0 saturated heterocycles. The third kappa shape index (κ3) is 5.32. The molecule has 4 heteroatoms. The van der Waals surface area contributed by atoms with E-state index in [0.717, 1.165) is 16.9 Å². The first-order valence-electron chi connectivity index (χ1n) is 7.95. The topological polar surface area (TPSA) is 51.2 Å². The summed E-state index contributed by atoms with van der Waals surface area (Å²) >= 11 is 0. The van der Waals surface area contributed by atoms with E-state index in [0.29, 0.717) is 12.3 Å². The summed E-state index contributed by atoms with van der Waals surface area (Å²) in [5, 5.41) is 2.78. The van der Waals surface area contributed by atoms with Crippen LogP contribution < -0.4 is 10.1 Å². The van der Waals surface area contributed by atoms with Crippen molar-refractivity contribution in [1.29, 1.82) is 0 Å². The summed E-state index contributed by atoms with van der Waals surface area (Å²) in [7, 11) is 0. The maximum atomic E-state index is 11.9. The summed E-state index contributed by atoms with van der Waals surface area (Å²) in [6.45, 7) is 0.510. The number of anilines is 1. The van der Waals surface area contributed by atoms with Gasteiger partial charge in [0.05, 0.1) is 0 Å². The van der Waals surface area contributed by atoms with Crippen LogP contribution >= 0.6 is 0 Å². The SMILES string of the molecule is O=C(/C=C/c1cccc(OCc2ccccc2)c1)Nc1ccncc1. The quantitative estimate of drug-likeness (QED) is 0.685. The molecule has 2 aromatic carbocycles. The third-order valence-corrected chi connectivity index (χ3v) is 3.48. The normalized spacial score (nSPS) is 10.6. The predicted molar refractivity (Wildman–Crippen MR) is 99.1 cm³/mol. The summed E-state index contributed by atoms with van der Waals surface area (Å²) in [6, 6.07) is 21.1. The highest BCUT2D eigenvalue weighted by atomic mass is 16.5. The van der Waals surface area contributed by atoms with E-state index in [2.05, 4.69) is 10.3 Å². The van der Waals surface area contributed by atoms with Crippen molar-refractivity contribution in [3.63, 3.8) is 0 Å². The van der Waals surface area contributed by atoms with Crippen LogP contribution in [0.2, 0.25) is 0 Å². The molecule has 3 aromatic rings. The molecule has 0 atom stereocenters. The molecule has 0 aliphatic heterocycles. The number of amides is 1. The summed E-state index contributed by atoms with van der Waals surface area (Å²) in [5.41, 5.74) is 2.72. The van der Waals surface area contributed by atoms with E-state index in [-0.39, 0.29) is 5.91 Å². The van der Waals surface area contributed by atoms with Gasteiger partial charge in [-0.15, -0.1) is 0 Å². The van der Waals surface area contributed by atoms with Crippen LogP contribution in [0.15, 0.2) is 85.2 Å². The Kier molecular flexibility index (Phi) is 5.56. The second-order valence-corrected chi connectivity index (χ2v) is 5.41. The highest BCUT2D eigenvalue weighted by Gasteiger charge is 1.99. The van der Waals surface area contributed by atoms with Gasteiger partial charge in [-0.2, -0.15) is 0 Å². The van der Waals surface area contributed by atoms with E-state index in [1.807, 2.05) is 54.6 Å². The van der Waals surface area contributed by atoms with Gasteiger partial charge < -0.3 is 10.1 Å². The smallest absolute Gasteiger partial charge is 0.248 e. The maximum Gasteiger partial charge on any atom is 0.248 e. The lowest BCUT2D eigenvalue weighted by molar-refractivity contribution is -0.111. The van der Waals surface area contributed by atoms with Crippen LogP contribution in [-0.2, 0) is 11.4 Å². The fraction of sp³-hybridized carbons (Fsp3) is 0.0476. The van der Waals surface area contributed by atoms with Gasteiger partial charge in [0.2, 0.25) is 5.91 Å². The van der Waals surface area contributed by atoms with Crippen molar-refractivity contribution in [3.8, 4) is 5.75 Å². The number of ether oxygens (including phenoxy) is 1. The second-order valence-electron chi connectivity index (χ2n) is 5.41. The Labute approximate surface area is 146 Å². The van der Waals surface area contributed by atoms with E-state index >= 15 is 0 Å². The standard InChI is InChI=1S/C21H18N2O2/c24-21(23-19-11-13-22-14-12-19)10-9-17-7-4-8-20(15-17)25-16-18-5-2-1-3-6-18/h1-15H,16H2,(H,22,23,24)/b10-9+. The number of carbonyl (C=O) groups excluding carboxylic acids is 1. The second kappa shape index (κ2) is 8.45. The Morgan fingerprint density at radius 3 is 2.60 bits per heavy atom. The maximum absolute atomic E-state index is 11.9. The van der Waals surface area contributed by atoms with Crippen molar-refractivity contribution in [2.24, 2.45) is 0 Å². The Hall–Kier alpha value is -3.40. The van der Waals surface area contributed by atoms with Crippen LogP contribution in [0.5, 0.6) is 5.75 Å². The van der Waals surface area contributed by atoms with Crippen molar-refractivity contribution >= 4 is 17.7 Å². The molecule has 0 bridgehead atoms. The van der Waals surface area contributed by atoms with Crippen LogP contribution in [-0.4, -0.2) is 10.9 Å². The summed E-state index contributed by atoms with van der Waals surface area (Å²) in [4.78, 5) is 15.8. The molecule has 1 heterocycles. The highest BCUT2D eigenvalue weighted by Crippen LogP contribution is 2.16. The fourth-order valence-electron chi connectivity index (χ4n) is 2.24. The predicted octanol–water partition coefficient (Wildman–Crippen LogP) is 4.31. The van der Waals surface area contributed by atoms with Crippen LogP contribution in [0.25, 0.3) is 6.08 Å². The number of hydrogen-bond donors (Lipinski definition) is 1. The van der Waals surface area contributed by atoms with Gasteiger partial charge in [-0.3, -0.25) is 9.78 Å². The average molecular weight is 330 g/mol. The van der Waals surface area contributed by atoms with Crippen LogP contribution in [0, 0.1) is 0 Å². The molecule has 0 unspecified atom stereocenters. The van der Waals surface area contributed by atoms with E-state index in [1.54, 1.807) is 30.6 Å². The first-order chi connectivity index (χ1) is 12.3. The Morgan fingerprint density at radius 2 is 1.80 bits per heavy atom. The molecule has 1 N–H and O–H groups in total. The Bertz CT molecular complexity index is 846. The number of aromatic nitrogens is 1. The van der Waals surface area contributed by atoms with Gasteiger partial charge in [-0.25, -0.2) is 0 Å². The lowest BCUT2D eigenvalue weighted by Gasteiger charge is -2.07. The largest absolute Gasteiger partial charge is 0.489 e. The molecule has 1 aromatic heterocycles. The molecule has 4 nitrogen and oxygen atoms in total. The number of pyridine rings is 1. The highest BCUT2D eigenvalue weighted by molar-refractivity contribution is 6.01. The zero-order valence-corrected chi connectivity index (χ0v) is 13.6. The van der Waals surface area contributed by atoms with E-state index < -0.39 is 0 Å². The van der Waals surface area contributed by atoms with Crippen molar-refractivity contribution < 1.29 is 9.53 Å². The average Bonchev–Trinajstić information content (AvgIpc) is 2.67. The molecule has 0 radical (unpaired) electrons. The minimum Gasteiger partial charge on any atom is -0.489 e. The lowest BCUT2D eigenvalue weighted by Crippen LogP contribution is -2.07. The zero-order valence-electron chi connectivity index (χ0n) is 13.6. The monoisotopic (exact) mass is 330 g/mol. The molecule has 124 valence electrons. The Morgan fingerprint density at radius 1 is 1.00 bits per heavy atom. The van der Waals surface area contributed by atoms with Crippen LogP contribution in [0.3, 0.4) is 0 Å². The Balaban J connectivity index is 1.58. The van der Waals surface area contributed by atoms with Crippen molar-refractivity contribution in [2.45, 2.75) is 6.61 Å². The van der Waals surface area contributed by atoms with Crippen molar-refractivity contribution in [1.82, 2.24) is 4.98 Å².